The van der Waals surface area contributed by atoms with Gasteiger partial charge in [0.15, 0.2) is 0 Å². The molecule has 0 saturated carbocycles. The van der Waals surface area contributed by atoms with Gasteiger partial charge in [-0.1, -0.05) is 62.4 Å². The summed E-state index contributed by atoms with van der Waals surface area (Å²) in [6, 6.07) is 5.58. The molecule has 1 atom stereocenters. The molecule has 5 nitrogen and oxygen atoms in total. The summed E-state index contributed by atoms with van der Waals surface area (Å²) in [5.74, 6) is -0.116. The summed E-state index contributed by atoms with van der Waals surface area (Å²) in [6.07, 6.45) is 5.65. The van der Waals surface area contributed by atoms with Crippen LogP contribution in [0.15, 0.2) is 22.7 Å². The molecule has 1 aromatic carbocycles. The van der Waals surface area contributed by atoms with Crippen molar-refractivity contribution in [2.45, 2.75) is 65.5 Å². The van der Waals surface area contributed by atoms with Crippen molar-refractivity contribution in [1.29, 1.82) is 0 Å². The van der Waals surface area contributed by atoms with Gasteiger partial charge in [-0.3, -0.25) is 15.0 Å². The largest absolute Gasteiger partial charge is 0.363 e. The zero-order valence-corrected chi connectivity index (χ0v) is 16.9. The minimum atomic E-state index is -0.259. The molecule has 6 heteroatoms. The Labute approximate surface area is 158 Å². The van der Waals surface area contributed by atoms with E-state index in [1.165, 1.54) is 17.9 Å². The number of amides is 2. The Morgan fingerprint density at radius 3 is 2.68 bits per heavy atom. The Bertz CT molecular complexity index is 619. The molecule has 0 saturated heterocycles. The molecular weight excluding hydrogens is 382 g/mol. The molecule has 2 N–H and O–H groups in total. The Morgan fingerprint density at radius 1 is 1.28 bits per heavy atom. The summed E-state index contributed by atoms with van der Waals surface area (Å²) in [7, 11) is 0. The third kappa shape index (κ3) is 5.21. The minimum absolute atomic E-state index is 0.101. The van der Waals surface area contributed by atoms with E-state index in [2.05, 4.69) is 33.6 Å². The number of carbonyl (C=O) groups is 2. The van der Waals surface area contributed by atoms with E-state index >= 15 is 0 Å². The zero-order valence-electron chi connectivity index (χ0n) is 15.3. The molecule has 0 bridgehead atoms. The second kappa shape index (κ2) is 9.22. The van der Waals surface area contributed by atoms with Crippen LogP contribution in [-0.2, 0) is 4.79 Å². The molecule has 0 aliphatic carbocycles. The summed E-state index contributed by atoms with van der Waals surface area (Å²) >= 11 is 3.40. The summed E-state index contributed by atoms with van der Waals surface area (Å²) in [5, 5.41) is 4.82. The van der Waals surface area contributed by atoms with E-state index in [0.29, 0.717) is 12.0 Å². The summed E-state index contributed by atoms with van der Waals surface area (Å²) < 4.78 is 0.839. The lowest BCUT2D eigenvalue weighted by molar-refractivity contribution is -0.126. The van der Waals surface area contributed by atoms with Crippen LogP contribution in [0.4, 0.5) is 5.69 Å². The van der Waals surface area contributed by atoms with Gasteiger partial charge in [0.25, 0.3) is 5.91 Å². The van der Waals surface area contributed by atoms with Crippen molar-refractivity contribution in [2.24, 2.45) is 5.92 Å². The Balaban J connectivity index is 2.04. The predicted molar refractivity (Wildman–Crippen MR) is 104 cm³/mol. The van der Waals surface area contributed by atoms with Crippen molar-refractivity contribution in [2.75, 3.05) is 5.32 Å². The van der Waals surface area contributed by atoms with Crippen molar-refractivity contribution in [3.05, 3.63) is 28.2 Å². The number of fused-ring (bicyclic) bond motifs is 1. The van der Waals surface area contributed by atoms with Crippen LogP contribution in [0.25, 0.3) is 0 Å². The molecule has 1 aliphatic heterocycles. The molecule has 1 aromatic rings. The first-order chi connectivity index (χ1) is 11.9. The first-order valence-electron chi connectivity index (χ1n) is 9.13. The van der Waals surface area contributed by atoms with Gasteiger partial charge >= 0.3 is 0 Å². The van der Waals surface area contributed by atoms with Crippen LogP contribution >= 0.6 is 15.9 Å². The molecule has 0 spiro atoms. The van der Waals surface area contributed by atoms with E-state index in [1.54, 1.807) is 6.07 Å². The Kier molecular flexibility index (Phi) is 7.29. The van der Waals surface area contributed by atoms with E-state index in [4.69, 9.17) is 0 Å². The summed E-state index contributed by atoms with van der Waals surface area (Å²) in [6.45, 7) is 6.22. The number of hydrogen-bond donors (Lipinski definition) is 2. The summed E-state index contributed by atoms with van der Waals surface area (Å²) in [4.78, 5) is 25.2. The van der Waals surface area contributed by atoms with E-state index < -0.39 is 0 Å². The van der Waals surface area contributed by atoms with Gasteiger partial charge in [0.05, 0.1) is 5.56 Å². The van der Waals surface area contributed by atoms with Gasteiger partial charge in [0.1, 0.15) is 6.17 Å². The average molecular weight is 410 g/mol. The fourth-order valence-electron chi connectivity index (χ4n) is 2.96. The van der Waals surface area contributed by atoms with Crippen molar-refractivity contribution >= 4 is 33.4 Å². The molecule has 1 aliphatic rings. The number of anilines is 1. The van der Waals surface area contributed by atoms with Crippen molar-refractivity contribution in [1.82, 2.24) is 10.4 Å². The van der Waals surface area contributed by atoms with Crippen LogP contribution in [0.2, 0.25) is 0 Å². The lowest BCUT2D eigenvalue weighted by Crippen LogP contribution is -2.59. The number of carbonyl (C=O) groups excluding carboxylic acids is 2. The topological polar surface area (TPSA) is 61.4 Å². The fraction of sp³-hybridized carbons (Fsp3) is 0.579. The highest BCUT2D eigenvalue weighted by Crippen LogP contribution is 2.29. The standard InChI is InChI=1S/C19H28BrN3O2/c1-4-5-6-7-8-9-17(24)22-23-18(13(2)3)21-16-11-10-14(20)12-15(16)19(23)25/h10-13,18,21H,4-9H2,1-3H3,(H,22,24). The smallest absolute Gasteiger partial charge is 0.276 e. The molecule has 2 amide bonds. The number of nitrogens with zero attached hydrogens (tertiary/aromatic N) is 1. The first kappa shape index (κ1) is 19.8. The molecule has 1 unspecified atom stereocenters. The molecule has 138 valence electrons. The first-order valence-corrected chi connectivity index (χ1v) is 9.92. The van der Waals surface area contributed by atoms with Crippen LogP contribution in [0, 0.1) is 5.92 Å². The maximum absolute atomic E-state index is 12.9. The average Bonchev–Trinajstić information content (AvgIpc) is 2.57. The van der Waals surface area contributed by atoms with Crippen LogP contribution in [-0.4, -0.2) is 23.0 Å². The number of hydrogen-bond acceptors (Lipinski definition) is 3. The molecule has 2 rings (SSSR count). The highest BCUT2D eigenvalue weighted by Gasteiger charge is 2.35. The number of halogens is 1. The SMILES string of the molecule is CCCCCCCC(=O)NN1C(=O)c2cc(Br)ccc2NC1C(C)C. The molecular formula is C19H28BrN3O2. The Hall–Kier alpha value is -1.56. The van der Waals surface area contributed by atoms with Gasteiger partial charge in [-0.05, 0) is 30.5 Å². The molecule has 25 heavy (non-hydrogen) atoms. The normalized spacial score (nSPS) is 16.6. The van der Waals surface area contributed by atoms with Gasteiger partial charge in [0, 0.05) is 16.6 Å². The molecule has 0 aromatic heterocycles. The lowest BCUT2D eigenvalue weighted by atomic mass is 10.0. The number of unbranched alkanes of at least 4 members (excludes halogenated alkanes) is 4. The number of nitrogens with one attached hydrogen (secondary N) is 2. The van der Waals surface area contributed by atoms with E-state index in [9.17, 15) is 9.59 Å². The highest BCUT2D eigenvalue weighted by atomic mass is 79.9. The minimum Gasteiger partial charge on any atom is -0.363 e. The highest BCUT2D eigenvalue weighted by molar-refractivity contribution is 9.10. The van der Waals surface area contributed by atoms with Gasteiger partial charge in [-0.2, -0.15) is 0 Å². The molecule has 0 radical (unpaired) electrons. The summed E-state index contributed by atoms with van der Waals surface area (Å²) in [5.41, 5.74) is 4.19. The second-order valence-electron chi connectivity index (χ2n) is 6.90. The van der Waals surface area contributed by atoms with Crippen LogP contribution in [0.3, 0.4) is 0 Å². The second-order valence-corrected chi connectivity index (χ2v) is 7.81. The monoisotopic (exact) mass is 409 g/mol. The third-order valence-electron chi connectivity index (χ3n) is 4.40. The van der Waals surface area contributed by atoms with Crippen LogP contribution < -0.4 is 10.7 Å². The third-order valence-corrected chi connectivity index (χ3v) is 4.89. The van der Waals surface area contributed by atoms with Crippen molar-refractivity contribution < 1.29 is 9.59 Å². The van der Waals surface area contributed by atoms with Crippen molar-refractivity contribution in [3.63, 3.8) is 0 Å². The zero-order chi connectivity index (χ0) is 18.4. The predicted octanol–water partition coefficient (Wildman–Crippen LogP) is 4.69. The van der Waals surface area contributed by atoms with Gasteiger partial charge in [-0.25, -0.2) is 5.01 Å². The molecule has 0 fully saturated rings. The fourth-order valence-corrected chi connectivity index (χ4v) is 3.32. The van der Waals surface area contributed by atoms with Crippen LogP contribution in [0.5, 0.6) is 0 Å². The van der Waals surface area contributed by atoms with Gasteiger partial charge in [-0.15, -0.1) is 0 Å². The van der Waals surface area contributed by atoms with Gasteiger partial charge in [0.2, 0.25) is 5.91 Å². The van der Waals surface area contributed by atoms with Crippen molar-refractivity contribution in [3.8, 4) is 0 Å². The molecule has 1 heterocycles. The van der Waals surface area contributed by atoms with E-state index in [-0.39, 0.29) is 23.9 Å². The van der Waals surface area contributed by atoms with E-state index in [1.807, 2.05) is 26.0 Å². The van der Waals surface area contributed by atoms with Crippen LogP contribution in [0.1, 0.15) is 69.7 Å². The van der Waals surface area contributed by atoms with E-state index in [0.717, 1.165) is 29.4 Å². The quantitative estimate of drug-likeness (QED) is 0.612. The lowest BCUT2D eigenvalue weighted by Gasteiger charge is -2.39. The maximum Gasteiger partial charge on any atom is 0.276 e. The number of hydrazine groups is 1. The number of rotatable bonds is 8. The Morgan fingerprint density at radius 2 is 2.00 bits per heavy atom. The number of benzene rings is 1. The maximum atomic E-state index is 12.9. The van der Waals surface area contributed by atoms with Gasteiger partial charge < -0.3 is 5.32 Å².